The quantitative estimate of drug-likeness (QED) is 0.399. The third kappa shape index (κ3) is 5.70. The first-order valence-corrected chi connectivity index (χ1v) is 8.62. The average molecular weight is 290 g/mol. The fourth-order valence-corrected chi connectivity index (χ4v) is 2.60. The van der Waals surface area contributed by atoms with Crippen molar-refractivity contribution in [2.45, 2.75) is 70.8 Å². The Morgan fingerprint density at radius 3 is 2.10 bits per heavy atom. The van der Waals surface area contributed by atoms with Crippen LogP contribution in [0.5, 0.6) is 5.75 Å². The maximum Gasteiger partial charge on any atom is 0.119 e. The van der Waals surface area contributed by atoms with Crippen LogP contribution in [0.1, 0.15) is 70.8 Å². The SMILES string of the molecule is CCCCCCCCCCOc1ccc(C2(C)CO2)cc1. The molecule has 1 fully saturated rings. The maximum absolute atomic E-state index is 5.80. The summed E-state index contributed by atoms with van der Waals surface area (Å²) in [6.07, 6.45) is 10.7. The molecule has 1 saturated heterocycles. The molecule has 1 unspecified atom stereocenters. The second-order valence-electron chi connectivity index (χ2n) is 6.37. The van der Waals surface area contributed by atoms with Gasteiger partial charge in [-0.2, -0.15) is 0 Å². The van der Waals surface area contributed by atoms with Gasteiger partial charge in [-0.25, -0.2) is 0 Å². The summed E-state index contributed by atoms with van der Waals surface area (Å²) in [4.78, 5) is 0. The molecule has 0 amide bonds. The van der Waals surface area contributed by atoms with Gasteiger partial charge in [-0.1, -0.05) is 64.0 Å². The number of unbranched alkanes of at least 4 members (excludes halogenated alkanes) is 7. The summed E-state index contributed by atoms with van der Waals surface area (Å²) in [5, 5.41) is 0. The van der Waals surface area contributed by atoms with Crippen molar-refractivity contribution in [3.05, 3.63) is 29.8 Å². The minimum Gasteiger partial charge on any atom is -0.494 e. The molecule has 1 aromatic rings. The third-order valence-corrected chi connectivity index (χ3v) is 4.31. The molecule has 2 rings (SSSR count). The van der Waals surface area contributed by atoms with Gasteiger partial charge in [0.1, 0.15) is 11.4 Å². The van der Waals surface area contributed by atoms with E-state index in [1.54, 1.807) is 0 Å². The van der Waals surface area contributed by atoms with E-state index >= 15 is 0 Å². The average Bonchev–Trinajstić information content (AvgIpc) is 3.25. The molecule has 0 radical (unpaired) electrons. The molecule has 0 N–H and O–H groups in total. The van der Waals surface area contributed by atoms with Crippen LogP contribution in [-0.2, 0) is 10.3 Å². The molecule has 1 aromatic carbocycles. The first kappa shape index (κ1) is 16.4. The number of hydrogen-bond acceptors (Lipinski definition) is 2. The Hall–Kier alpha value is -1.02. The van der Waals surface area contributed by atoms with Crippen molar-refractivity contribution in [2.75, 3.05) is 13.2 Å². The van der Waals surface area contributed by atoms with Crippen LogP contribution in [0.2, 0.25) is 0 Å². The van der Waals surface area contributed by atoms with Crippen molar-refractivity contribution in [1.29, 1.82) is 0 Å². The van der Waals surface area contributed by atoms with Gasteiger partial charge >= 0.3 is 0 Å². The van der Waals surface area contributed by atoms with Gasteiger partial charge < -0.3 is 9.47 Å². The fourth-order valence-electron chi connectivity index (χ4n) is 2.60. The minimum absolute atomic E-state index is 0.0314. The lowest BCUT2D eigenvalue weighted by Gasteiger charge is -2.09. The van der Waals surface area contributed by atoms with E-state index in [2.05, 4.69) is 38.1 Å². The molecule has 1 aliphatic rings. The zero-order chi connectivity index (χ0) is 15.0. The van der Waals surface area contributed by atoms with E-state index in [9.17, 15) is 0 Å². The van der Waals surface area contributed by atoms with Crippen molar-refractivity contribution in [3.8, 4) is 5.75 Å². The second-order valence-corrected chi connectivity index (χ2v) is 6.37. The van der Waals surface area contributed by atoms with Gasteiger partial charge in [-0.3, -0.25) is 0 Å². The predicted octanol–water partition coefficient (Wildman–Crippen LogP) is 5.45. The van der Waals surface area contributed by atoms with Gasteiger partial charge in [0.25, 0.3) is 0 Å². The van der Waals surface area contributed by atoms with Crippen LogP contribution in [-0.4, -0.2) is 13.2 Å². The fraction of sp³-hybridized carbons (Fsp3) is 0.684. The van der Waals surface area contributed by atoms with Crippen molar-refractivity contribution < 1.29 is 9.47 Å². The van der Waals surface area contributed by atoms with E-state index in [0.29, 0.717) is 0 Å². The highest BCUT2D eigenvalue weighted by molar-refractivity contribution is 5.32. The molecule has 0 aliphatic carbocycles. The van der Waals surface area contributed by atoms with Gasteiger partial charge in [0.15, 0.2) is 0 Å². The molecule has 0 aromatic heterocycles. The lowest BCUT2D eigenvalue weighted by atomic mass is 10.0. The first-order chi connectivity index (χ1) is 10.2. The van der Waals surface area contributed by atoms with Crippen molar-refractivity contribution in [3.63, 3.8) is 0 Å². The van der Waals surface area contributed by atoms with Crippen LogP contribution in [0.3, 0.4) is 0 Å². The zero-order valence-corrected chi connectivity index (χ0v) is 13.7. The Labute approximate surface area is 129 Å². The van der Waals surface area contributed by atoms with Gasteiger partial charge in [0.2, 0.25) is 0 Å². The Bertz CT molecular complexity index is 393. The molecule has 21 heavy (non-hydrogen) atoms. The molecule has 0 saturated carbocycles. The first-order valence-electron chi connectivity index (χ1n) is 8.62. The summed E-state index contributed by atoms with van der Waals surface area (Å²) in [5.41, 5.74) is 1.22. The summed E-state index contributed by atoms with van der Waals surface area (Å²) in [7, 11) is 0. The summed E-state index contributed by atoms with van der Waals surface area (Å²) in [6.45, 7) is 6.07. The van der Waals surface area contributed by atoms with E-state index in [1.807, 2.05) is 0 Å². The number of hydrogen-bond donors (Lipinski definition) is 0. The lowest BCUT2D eigenvalue weighted by molar-refractivity contribution is 0.303. The molecular formula is C19H30O2. The Morgan fingerprint density at radius 1 is 0.952 bits per heavy atom. The van der Waals surface area contributed by atoms with Gasteiger partial charge in [-0.05, 0) is 31.0 Å². The molecule has 118 valence electrons. The van der Waals surface area contributed by atoms with E-state index < -0.39 is 0 Å². The van der Waals surface area contributed by atoms with Crippen molar-refractivity contribution in [2.24, 2.45) is 0 Å². The van der Waals surface area contributed by atoms with Crippen LogP contribution >= 0.6 is 0 Å². The standard InChI is InChI=1S/C19H30O2/c1-3-4-5-6-7-8-9-10-15-20-18-13-11-17(12-14-18)19(2)16-21-19/h11-14H,3-10,15-16H2,1-2H3. The van der Waals surface area contributed by atoms with Crippen molar-refractivity contribution >= 4 is 0 Å². The van der Waals surface area contributed by atoms with Crippen LogP contribution < -0.4 is 4.74 Å². The maximum atomic E-state index is 5.80. The highest BCUT2D eigenvalue weighted by atomic mass is 16.6. The molecular weight excluding hydrogens is 260 g/mol. The second kappa shape index (κ2) is 8.43. The Balaban J connectivity index is 1.51. The molecule has 1 atom stereocenters. The number of benzene rings is 1. The van der Waals surface area contributed by atoms with Crippen LogP contribution in [0, 0.1) is 0 Å². The number of epoxide rings is 1. The highest BCUT2D eigenvalue weighted by Gasteiger charge is 2.40. The minimum atomic E-state index is -0.0314. The van der Waals surface area contributed by atoms with Crippen LogP contribution in [0.15, 0.2) is 24.3 Å². The summed E-state index contributed by atoms with van der Waals surface area (Å²) < 4.78 is 11.2. The van der Waals surface area contributed by atoms with Gasteiger partial charge in [0.05, 0.1) is 13.2 Å². The van der Waals surface area contributed by atoms with Gasteiger partial charge in [-0.15, -0.1) is 0 Å². The number of rotatable bonds is 11. The predicted molar refractivity (Wildman–Crippen MR) is 87.9 cm³/mol. The molecule has 1 heterocycles. The molecule has 2 heteroatoms. The van der Waals surface area contributed by atoms with E-state index in [0.717, 1.165) is 25.4 Å². The highest BCUT2D eigenvalue weighted by Crippen LogP contribution is 2.38. The smallest absolute Gasteiger partial charge is 0.119 e. The molecule has 0 bridgehead atoms. The van der Waals surface area contributed by atoms with E-state index in [4.69, 9.17) is 9.47 Å². The number of ether oxygens (including phenoxy) is 2. The normalized spacial score (nSPS) is 20.5. The summed E-state index contributed by atoms with van der Waals surface area (Å²) in [6, 6.07) is 8.37. The Kier molecular flexibility index (Phi) is 6.56. The van der Waals surface area contributed by atoms with E-state index in [1.165, 1.54) is 50.5 Å². The van der Waals surface area contributed by atoms with Crippen LogP contribution in [0.4, 0.5) is 0 Å². The third-order valence-electron chi connectivity index (χ3n) is 4.31. The molecule has 1 aliphatic heterocycles. The molecule has 2 nitrogen and oxygen atoms in total. The summed E-state index contributed by atoms with van der Waals surface area (Å²) in [5.74, 6) is 0.978. The van der Waals surface area contributed by atoms with Crippen molar-refractivity contribution in [1.82, 2.24) is 0 Å². The monoisotopic (exact) mass is 290 g/mol. The van der Waals surface area contributed by atoms with Gasteiger partial charge in [0, 0.05) is 0 Å². The zero-order valence-electron chi connectivity index (χ0n) is 13.7. The van der Waals surface area contributed by atoms with E-state index in [-0.39, 0.29) is 5.60 Å². The Morgan fingerprint density at radius 2 is 1.52 bits per heavy atom. The molecule has 0 spiro atoms. The largest absolute Gasteiger partial charge is 0.494 e. The topological polar surface area (TPSA) is 21.8 Å². The van der Waals surface area contributed by atoms with Crippen LogP contribution in [0.25, 0.3) is 0 Å². The lowest BCUT2D eigenvalue weighted by Crippen LogP contribution is -2.02. The summed E-state index contributed by atoms with van der Waals surface area (Å²) >= 11 is 0.